The van der Waals surface area contributed by atoms with Gasteiger partial charge >= 0.3 is 0 Å². The van der Waals surface area contributed by atoms with Crippen molar-refractivity contribution >= 4 is 28.2 Å². The van der Waals surface area contributed by atoms with Crippen molar-refractivity contribution in [2.24, 2.45) is 0 Å². The van der Waals surface area contributed by atoms with Crippen molar-refractivity contribution in [2.45, 2.75) is 49.2 Å². The van der Waals surface area contributed by atoms with E-state index in [2.05, 4.69) is 5.32 Å². The minimum atomic E-state index is -3.71. The largest absolute Gasteiger partial charge is 0.339 e. The summed E-state index contributed by atoms with van der Waals surface area (Å²) in [6.45, 7) is 6.32. The summed E-state index contributed by atoms with van der Waals surface area (Å²) in [7, 11) is -3.71. The second kappa shape index (κ2) is 7.64. The molecule has 2 aliphatic rings. The molecule has 7 heteroatoms. The molecule has 140 valence electrons. The molecule has 1 N–H and O–H groups in total. The van der Waals surface area contributed by atoms with Crippen LogP contribution in [-0.2, 0) is 14.6 Å². The van der Waals surface area contributed by atoms with E-state index in [4.69, 9.17) is 0 Å². The Hall–Kier alpha value is -1.11. The number of sulfone groups is 1. The molecular formula is C18H27ClN2O3S. The Morgan fingerprint density at radius 2 is 1.72 bits per heavy atom. The highest BCUT2D eigenvalue weighted by Crippen LogP contribution is 2.43. The molecule has 1 aromatic rings. The number of piperazine rings is 1. The highest BCUT2D eigenvalue weighted by atomic mass is 35.5. The Morgan fingerprint density at radius 1 is 1.12 bits per heavy atom. The summed E-state index contributed by atoms with van der Waals surface area (Å²) in [5.41, 5.74) is 1.63. The minimum absolute atomic E-state index is 0. The van der Waals surface area contributed by atoms with Crippen molar-refractivity contribution in [3.63, 3.8) is 0 Å². The predicted molar refractivity (Wildman–Crippen MR) is 101 cm³/mol. The first kappa shape index (κ1) is 20.2. The first-order valence-electron chi connectivity index (χ1n) is 8.70. The maximum atomic E-state index is 13.6. The second-order valence-electron chi connectivity index (χ2n) is 7.02. The van der Waals surface area contributed by atoms with Crippen LogP contribution in [0.4, 0.5) is 0 Å². The molecule has 1 aromatic carbocycles. The Kier molecular flexibility index (Phi) is 6.17. The quantitative estimate of drug-likeness (QED) is 0.865. The van der Waals surface area contributed by atoms with Crippen molar-refractivity contribution in [1.29, 1.82) is 0 Å². The second-order valence-corrected chi connectivity index (χ2v) is 9.24. The smallest absolute Gasteiger partial charge is 0.244 e. The van der Waals surface area contributed by atoms with Gasteiger partial charge in [-0.15, -0.1) is 12.4 Å². The number of aryl methyl sites for hydroxylation is 2. The third kappa shape index (κ3) is 3.44. The first-order valence-corrected chi connectivity index (χ1v) is 10.2. The van der Waals surface area contributed by atoms with Crippen molar-refractivity contribution in [3.8, 4) is 0 Å². The number of nitrogens with zero attached hydrogens (tertiary/aromatic N) is 1. The van der Waals surface area contributed by atoms with Crippen molar-refractivity contribution < 1.29 is 13.2 Å². The number of rotatable bonds is 3. The monoisotopic (exact) mass is 386 g/mol. The molecule has 0 bridgehead atoms. The summed E-state index contributed by atoms with van der Waals surface area (Å²) in [5, 5.41) is 3.22. The highest BCUT2D eigenvalue weighted by molar-refractivity contribution is 7.93. The van der Waals surface area contributed by atoms with E-state index in [0.29, 0.717) is 30.8 Å². The number of nitrogens with one attached hydrogen (secondary N) is 1. The molecule has 0 unspecified atom stereocenters. The number of carbonyl (C=O) groups excluding carboxylic acids is 1. The fourth-order valence-corrected chi connectivity index (χ4v) is 6.35. The Balaban J connectivity index is 0.00000225. The lowest BCUT2D eigenvalue weighted by molar-refractivity contribution is -0.134. The van der Waals surface area contributed by atoms with Gasteiger partial charge in [0, 0.05) is 26.2 Å². The Morgan fingerprint density at radius 3 is 2.32 bits per heavy atom. The van der Waals surface area contributed by atoms with Gasteiger partial charge < -0.3 is 10.2 Å². The first-order chi connectivity index (χ1) is 11.4. The molecule has 5 nitrogen and oxygen atoms in total. The summed E-state index contributed by atoms with van der Waals surface area (Å²) in [5.74, 6) is -0.192. The van der Waals surface area contributed by atoms with E-state index in [1.165, 1.54) is 0 Å². The number of carbonyl (C=O) groups is 1. The average molecular weight is 387 g/mol. The van der Waals surface area contributed by atoms with Crippen LogP contribution in [0.3, 0.4) is 0 Å². The van der Waals surface area contributed by atoms with Crippen LogP contribution < -0.4 is 5.32 Å². The SMILES string of the molecule is Cc1ccc(C)c(S(=O)(=O)C2(C(=O)N3CCNCC3)CCCC2)c1.Cl. The van der Waals surface area contributed by atoms with Crippen LogP contribution in [0.2, 0.25) is 0 Å². The third-order valence-electron chi connectivity index (χ3n) is 5.35. The van der Waals surface area contributed by atoms with Crippen molar-refractivity contribution in [1.82, 2.24) is 10.2 Å². The standard InChI is InChI=1S/C18H26N2O3S.ClH/c1-14-5-6-15(2)16(13-14)24(22,23)18(7-3-4-8-18)17(21)20-11-9-19-10-12-20;/h5-6,13,19H,3-4,7-12H2,1-2H3;1H. The van der Waals surface area contributed by atoms with Gasteiger partial charge in [-0.3, -0.25) is 4.79 Å². The lowest BCUT2D eigenvalue weighted by Gasteiger charge is -2.36. The molecule has 3 rings (SSSR count). The maximum Gasteiger partial charge on any atom is 0.244 e. The minimum Gasteiger partial charge on any atom is -0.339 e. The van der Waals surface area contributed by atoms with Crippen molar-refractivity contribution in [2.75, 3.05) is 26.2 Å². The van der Waals surface area contributed by atoms with Crippen LogP contribution in [0.1, 0.15) is 36.8 Å². The molecule has 1 aliphatic carbocycles. The summed E-state index contributed by atoms with van der Waals surface area (Å²) in [4.78, 5) is 15.3. The van der Waals surface area contributed by atoms with Gasteiger partial charge in [-0.05, 0) is 43.9 Å². The van der Waals surface area contributed by atoms with Crippen LogP contribution in [0, 0.1) is 13.8 Å². The van der Waals surface area contributed by atoms with Gasteiger partial charge in [0.15, 0.2) is 14.6 Å². The van der Waals surface area contributed by atoms with E-state index < -0.39 is 14.6 Å². The van der Waals surface area contributed by atoms with E-state index in [9.17, 15) is 13.2 Å². The summed E-state index contributed by atoms with van der Waals surface area (Å²) < 4.78 is 25.8. The Labute approximate surface area is 156 Å². The van der Waals surface area contributed by atoms with Crippen molar-refractivity contribution in [3.05, 3.63) is 29.3 Å². The van der Waals surface area contributed by atoms with Gasteiger partial charge in [-0.2, -0.15) is 0 Å². The molecule has 1 amide bonds. The number of hydrogen-bond acceptors (Lipinski definition) is 4. The third-order valence-corrected chi connectivity index (χ3v) is 7.98. The molecular weight excluding hydrogens is 360 g/mol. The zero-order valence-corrected chi connectivity index (χ0v) is 16.5. The fourth-order valence-electron chi connectivity index (χ4n) is 3.91. The summed E-state index contributed by atoms with van der Waals surface area (Å²) in [6, 6.07) is 5.46. The van der Waals surface area contributed by atoms with E-state index >= 15 is 0 Å². The topological polar surface area (TPSA) is 66.5 Å². The molecule has 1 aliphatic heterocycles. The van der Waals surface area contributed by atoms with Gasteiger partial charge in [0.25, 0.3) is 0 Å². The maximum absolute atomic E-state index is 13.6. The van der Waals surface area contributed by atoms with Gasteiger partial charge in [-0.1, -0.05) is 25.0 Å². The van der Waals surface area contributed by atoms with Crippen LogP contribution in [0.5, 0.6) is 0 Å². The van der Waals surface area contributed by atoms with E-state index in [0.717, 1.165) is 37.1 Å². The van der Waals surface area contributed by atoms with Gasteiger partial charge in [0.2, 0.25) is 5.91 Å². The molecule has 0 spiro atoms. The normalized spacial score (nSPS) is 20.2. The van der Waals surface area contributed by atoms with E-state index in [1.54, 1.807) is 11.0 Å². The van der Waals surface area contributed by atoms with Gasteiger partial charge in [0.05, 0.1) is 4.90 Å². The van der Waals surface area contributed by atoms with Crippen LogP contribution in [0.25, 0.3) is 0 Å². The molecule has 0 aromatic heterocycles. The molecule has 2 fully saturated rings. The number of hydrogen-bond donors (Lipinski definition) is 1. The Bertz CT molecular complexity index is 737. The van der Waals surface area contributed by atoms with E-state index in [-0.39, 0.29) is 18.3 Å². The number of halogens is 1. The zero-order chi connectivity index (χ0) is 17.4. The summed E-state index contributed by atoms with van der Waals surface area (Å²) >= 11 is 0. The van der Waals surface area contributed by atoms with Crippen LogP contribution in [-0.4, -0.2) is 50.2 Å². The lowest BCUT2D eigenvalue weighted by Crippen LogP contribution is -2.57. The number of benzene rings is 1. The summed E-state index contributed by atoms with van der Waals surface area (Å²) in [6.07, 6.45) is 2.46. The number of amides is 1. The van der Waals surface area contributed by atoms with Crippen LogP contribution >= 0.6 is 12.4 Å². The molecule has 1 saturated carbocycles. The zero-order valence-electron chi connectivity index (χ0n) is 14.9. The molecule has 25 heavy (non-hydrogen) atoms. The molecule has 1 saturated heterocycles. The van der Waals surface area contributed by atoms with Crippen LogP contribution in [0.15, 0.2) is 23.1 Å². The lowest BCUT2D eigenvalue weighted by atomic mass is 10.0. The predicted octanol–water partition coefficient (Wildman–Crippen LogP) is 2.24. The van der Waals surface area contributed by atoms with Gasteiger partial charge in [0.1, 0.15) is 0 Å². The van der Waals surface area contributed by atoms with Gasteiger partial charge in [-0.25, -0.2) is 8.42 Å². The highest BCUT2D eigenvalue weighted by Gasteiger charge is 2.54. The fraction of sp³-hybridized carbons (Fsp3) is 0.611. The average Bonchev–Trinajstić information content (AvgIpc) is 3.08. The molecule has 1 heterocycles. The molecule has 0 atom stereocenters. The molecule has 0 radical (unpaired) electrons. The van der Waals surface area contributed by atoms with E-state index in [1.807, 2.05) is 26.0 Å².